The van der Waals surface area contributed by atoms with E-state index in [9.17, 15) is 4.79 Å². The van der Waals surface area contributed by atoms with Gasteiger partial charge in [-0.1, -0.05) is 6.08 Å². The lowest BCUT2D eigenvalue weighted by atomic mass is 9.92. The minimum absolute atomic E-state index is 0.306. The molecule has 0 aromatic rings. The fourth-order valence-electron chi connectivity index (χ4n) is 2.07. The molecule has 0 unspecified atom stereocenters. The largest absolute Gasteiger partial charge is 0.462 e. The van der Waals surface area contributed by atoms with Gasteiger partial charge in [-0.05, 0) is 19.8 Å². The highest BCUT2D eigenvalue weighted by molar-refractivity contribution is 5.90. The van der Waals surface area contributed by atoms with Crippen LogP contribution in [0.2, 0.25) is 0 Å². The van der Waals surface area contributed by atoms with Crippen molar-refractivity contribution in [3.05, 3.63) is 11.6 Å². The third-order valence-electron chi connectivity index (χ3n) is 2.72. The average Bonchev–Trinajstić information content (AvgIpc) is 2.68. The summed E-state index contributed by atoms with van der Waals surface area (Å²) in [5, 5.41) is 0. The van der Waals surface area contributed by atoms with Gasteiger partial charge in [-0.3, -0.25) is 0 Å². The molecule has 1 saturated heterocycles. The summed E-state index contributed by atoms with van der Waals surface area (Å²) in [5.41, 5.74) is 0.549. The molecule has 15 heavy (non-hydrogen) atoms. The minimum Gasteiger partial charge on any atom is -0.462 e. The van der Waals surface area contributed by atoms with Gasteiger partial charge in [0.1, 0.15) is 0 Å². The van der Waals surface area contributed by atoms with Crippen molar-refractivity contribution in [2.75, 3.05) is 19.8 Å². The molecule has 1 aliphatic heterocycles. The molecule has 0 atom stereocenters. The third-order valence-corrected chi connectivity index (χ3v) is 2.72. The lowest BCUT2D eigenvalue weighted by Crippen LogP contribution is -2.38. The van der Waals surface area contributed by atoms with Crippen molar-refractivity contribution in [3.8, 4) is 0 Å². The highest BCUT2D eigenvalue weighted by Gasteiger charge is 2.45. The Bertz CT molecular complexity index is 276. The van der Waals surface area contributed by atoms with Crippen LogP contribution in [0.5, 0.6) is 0 Å². The monoisotopic (exact) mass is 212 g/mol. The van der Waals surface area contributed by atoms with Crippen LogP contribution in [0.4, 0.5) is 0 Å². The molecular weight excluding hydrogens is 196 g/mol. The second kappa shape index (κ2) is 4.33. The Morgan fingerprint density at radius 3 is 2.93 bits per heavy atom. The van der Waals surface area contributed by atoms with Crippen LogP contribution in [0, 0.1) is 0 Å². The quantitative estimate of drug-likeness (QED) is 0.649. The van der Waals surface area contributed by atoms with E-state index in [0.717, 1.165) is 19.3 Å². The molecule has 2 rings (SSSR count). The van der Waals surface area contributed by atoms with E-state index in [1.807, 2.05) is 6.08 Å². The highest BCUT2D eigenvalue weighted by atomic mass is 16.7. The van der Waals surface area contributed by atoms with Crippen LogP contribution in [-0.4, -0.2) is 31.6 Å². The smallest absolute Gasteiger partial charge is 0.339 e. The predicted molar refractivity (Wildman–Crippen MR) is 53.2 cm³/mol. The van der Waals surface area contributed by atoms with Crippen LogP contribution < -0.4 is 0 Å². The van der Waals surface area contributed by atoms with Crippen molar-refractivity contribution in [1.29, 1.82) is 0 Å². The van der Waals surface area contributed by atoms with Crippen molar-refractivity contribution >= 4 is 5.97 Å². The number of hydrogen-bond acceptors (Lipinski definition) is 4. The van der Waals surface area contributed by atoms with Crippen LogP contribution in [-0.2, 0) is 19.0 Å². The Morgan fingerprint density at radius 1 is 1.53 bits per heavy atom. The molecule has 1 fully saturated rings. The summed E-state index contributed by atoms with van der Waals surface area (Å²) in [6, 6.07) is 0. The maximum atomic E-state index is 11.7. The Hall–Kier alpha value is -0.870. The van der Waals surface area contributed by atoms with E-state index in [4.69, 9.17) is 14.2 Å². The van der Waals surface area contributed by atoms with Crippen molar-refractivity contribution in [2.45, 2.75) is 32.0 Å². The molecular formula is C11H16O4. The van der Waals surface area contributed by atoms with E-state index in [2.05, 4.69) is 0 Å². The summed E-state index contributed by atoms with van der Waals surface area (Å²) in [5.74, 6) is -1.11. The summed E-state index contributed by atoms with van der Waals surface area (Å²) >= 11 is 0. The molecule has 4 heteroatoms. The Labute approximate surface area is 89.2 Å². The minimum atomic E-state index is -0.801. The van der Waals surface area contributed by atoms with Gasteiger partial charge in [0.05, 0.1) is 25.4 Å². The van der Waals surface area contributed by atoms with Gasteiger partial charge in [0.25, 0.3) is 0 Å². The standard InChI is InChI=1S/C11H16O4/c1-2-13-10(12)9-5-3-4-6-11(9)14-7-8-15-11/h5H,2-4,6-8H2,1H3. The molecule has 1 aliphatic carbocycles. The molecule has 4 nitrogen and oxygen atoms in total. The summed E-state index contributed by atoms with van der Waals surface area (Å²) in [7, 11) is 0. The second-order valence-electron chi connectivity index (χ2n) is 3.68. The van der Waals surface area contributed by atoms with Gasteiger partial charge >= 0.3 is 5.97 Å². The summed E-state index contributed by atoms with van der Waals surface area (Å²) in [4.78, 5) is 11.7. The number of carbonyl (C=O) groups is 1. The number of esters is 1. The van der Waals surface area contributed by atoms with Gasteiger partial charge in [0, 0.05) is 6.42 Å². The Balaban J connectivity index is 2.18. The van der Waals surface area contributed by atoms with E-state index in [0.29, 0.717) is 25.4 Å². The van der Waals surface area contributed by atoms with E-state index >= 15 is 0 Å². The van der Waals surface area contributed by atoms with Crippen molar-refractivity contribution in [1.82, 2.24) is 0 Å². The molecule has 0 amide bonds. The van der Waals surface area contributed by atoms with E-state index in [1.165, 1.54) is 0 Å². The molecule has 0 aromatic carbocycles. The summed E-state index contributed by atoms with van der Waals surface area (Å²) in [6.45, 7) is 3.28. The van der Waals surface area contributed by atoms with Crippen molar-refractivity contribution in [3.63, 3.8) is 0 Å². The van der Waals surface area contributed by atoms with Gasteiger partial charge in [-0.25, -0.2) is 4.79 Å². The fourth-order valence-corrected chi connectivity index (χ4v) is 2.07. The number of allylic oxidation sites excluding steroid dienone is 1. The van der Waals surface area contributed by atoms with Crippen LogP contribution >= 0.6 is 0 Å². The second-order valence-corrected chi connectivity index (χ2v) is 3.68. The molecule has 0 radical (unpaired) electrons. The molecule has 2 aliphatic rings. The van der Waals surface area contributed by atoms with Crippen LogP contribution in [0.15, 0.2) is 11.6 Å². The van der Waals surface area contributed by atoms with Crippen molar-refractivity contribution < 1.29 is 19.0 Å². The maximum absolute atomic E-state index is 11.7. The third kappa shape index (κ3) is 1.92. The SMILES string of the molecule is CCOC(=O)C1=CCCCC12OCCO2. The molecule has 1 heterocycles. The zero-order chi connectivity index (χ0) is 10.7. The molecule has 0 N–H and O–H groups in total. The van der Waals surface area contributed by atoms with Crippen LogP contribution in [0.1, 0.15) is 26.2 Å². The van der Waals surface area contributed by atoms with Crippen LogP contribution in [0.25, 0.3) is 0 Å². The summed E-state index contributed by atoms with van der Waals surface area (Å²) in [6.07, 6.45) is 4.51. The first kappa shape index (κ1) is 10.6. The number of rotatable bonds is 2. The Morgan fingerprint density at radius 2 is 2.27 bits per heavy atom. The molecule has 0 bridgehead atoms. The number of hydrogen-bond donors (Lipinski definition) is 0. The lowest BCUT2D eigenvalue weighted by Gasteiger charge is -2.31. The predicted octanol–water partition coefficient (Wildman–Crippen LogP) is 1.40. The normalized spacial score (nSPS) is 23.9. The molecule has 1 spiro atoms. The maximum Gasteiger partial charge on any atom is 0.339 e. The first-order valence-corrected chi connectivity index (χ1v) is 5.44. The molecule has 0 saturated carbocycles. The lowest BCUT2D eigenvalue weighted by molar-refractivity contribution is -0.161. The fraction of sp³-hybridized carbons (Fsp3) is 0.727. The Kier molecular flexibility index (Phi) is 3.07. The molecule has 84 valence electrons. The zero-order valence-electron chi connectivity index (χ0n) is 8.95. The van der Waals surface area contributed by atoms with Crippen LogP contribution in [0.3, 0.4) is 0 Å². The van der Waals surface area contributed by atoms with Gasteiger partial charge in [0.2, 0.25) is 5.79 Å². The van der Waals surface area contributed by atoms with Gasteiger partial charge in [-0.2, -0.15) is 0 Å². The van der Waals surface area contributed by atoms with Gasteiger partial charge in [0.15, 0.2) is 0 Å². The van der Waals surface area contributed by atoms with Crippen molar-refractivity contribution in [2.24, 2.45) is 0 Å². The van der Waals surface area contributed by atoms with Gasteiger partial charge < -0.3 is 14.2 Å². The highest BCUT2D eigenvalue weighted by Crippen LogP contribution is 2.37. The summed E-state index contributed by atoms with van der Waals surface area (Å²) < 4.78 is 16.1. The average molecular weight is 212 g/mol. The van der Waals surface area contributed by atoms with E-state index in [1.54, 1.807) is 6.92 Å². The number of ether oxygens (including phenoxy) is 3. The van der Waals surface area contributed by atoms with E-state index in [-0.39, 0.29) is 5.97 Å². The first-order chi connectivity index (χ1) is 7.28. The van der Waals surface area contributed by atoms with Gasteiger partial charge in [-0.15, -0.1) is 0 Å². The molecule has 0 aromatic heterocycles. The topological polar surface area (TPSA) is 44.8 Å². The first-order valence-electron chi connectivity index (χ1n) is 5.44. The zero-order valence-corrected chi connectivity index (χ0v) is 8.95. The number of carbonyl (C=O) groups excluding carboxylic acids is 1. The van der Waals surface area contributed by atoms with E-state index < -0.39 is 5.79 Å².